The molecule has 0 aliphatic heterocycles. The first kappa shape index (κ1) is 17.3. The van der Waals surface area contributed by atoms with Gasteiger partial charge in [0.25, 0.3) is 5.91 Å². The number of amides is 1. The second-order valence-electron chi connectivity index (χ2n) is 4.88. The fourth-order valence-electron chi connectivity index (χ4n) is 2.01. The maximum absolute atomic E-state index is 12.4. The third-order valence-corrected chi connectivity index (χ3v) is 3.90. The molecule has 0 saturated carbocycles. The normalized spacial score (nSPS) is 11.7. The molecule has 0 spiro atoms. The third kappa shape index (κ3) is 4.03. The molecule has 0 unspecified atom stereocenters. The number of carbonyl (C=O) groups excluding carboxylic acids is 2. The Morgan fingerprint density at radius 1 is 1.00 bits per heavy atom. The van der Waals surface area contributed by atoms with Crippen molar-refractivity contribution in [2.45, 2.75) is 13.0 Å². The van der Waals surface area contributed by atoms with Gasteiger partial charge in [-0.25, -0.2) is 4.79 Å². The van der Waals surface area contributed by atoms with Crippen LogP contribution in [-0.4, -0.2) is 25.0 Å². The van der Waals surface area contributed by atoms with Gasteiger partial charge in [-0.1, -0.05) is 47.5 Å². The molecule has 1 amide bonds. The van der Waals surface area contributed by atoms with Crippen molar-refractivity contribution in [3.05, 3.63) is 64.1 Å². The fraction of sp³-hybridized carbons (Fsp3) is 0.176. The molecule has 0 heterocycles. The third-order valence-electron chi connectivity index (χ3n) is 3.27. The van der Waals surface area contributed by atoms with Crippen LogP contribution in [-0.2, 0) is 9.53 Å². The summed E-state index contributed by atoms with van der Waals surface area (Å²) in [6.07, 6.45) is -0.972. The summed E-state index contributed by atoms with van der Waals surface area (Å²) >= 11 is 11.9. The van der Waals surface area contributed by atoms with Crippen molar-refractivity contribution in [1.29, 1.82) is 0 Å². The minimum Gasteiger partial charge on any atom is -0.449 e. The van der Waals surface area contributed by atoms with Crippen LogP contribution in [0.5, 0.6) is 0 Å². The van der Waals surface area contributed by atoms with Crippen molar-refractivity contribution < 1.29 is 14.3 Å². The van der Waals surface area contributed by atoms with Crippen LogP contribution in [0.15, 0.2) is 48.5 Å². The smallest absolute Gasteiger partial charge is 0.341 e. The molecule has 4 nitrogen and oxygen atoms in total. The van der Waals surface area contributed by atoms with Crippen LogP contribution in [0.4, 0.5) is 5.69 Å². The number of nitrogens with zero attached hydrogens (tertiary/aromatic N) is 1. The molecule has 0 radical (unpaired) electrons. The number of hydrogen-bond donors (Lipinski definition) is 0. The van der Waals surface area contributed by atoms with Crippen LogP contribution < -0.4 is 4.90 Å². The number of benzene rings is 2. The van der Waals surface area contributed by atoms with Gasteiger partial charge in [0.15, 0.2) is 6.10 Å². The monoisotopic (exact) mass is 351 g/mol. The van der Waals surface area contributed by atoms with E-state index in [4.69, 9.17) is 27.9 Å². The van der Waals surface area contributed by atoms with Crippen molar-refractivity contribution in [2.75, 3.05) is 11.9 Å². The second-order valence-corrected chi connectivity index (χ2v) is 5.69. The number of anilines is 1. The van der Waals surface area contributed by atoms with E-state index in [1.807, 2.05) is 18.2 Å². The van der Waals surface area contributed by atoms with Crippen molar-refractivity contribution in [3.8, 4) is 0 Å². The Balaban J connectivity index is 2.11. The first-order valence-electron chi connectivity index (χ1n) is 6.89. The molecule has 0 aliphatic rings. The SMILES string of the molecule is C[C@H](OC(=O)c1c(Cl)cccc1Cl)C(=O)N(C)c1ccccc1. The molecule has 0 saturated heterocycles. The summed E-state index contributed by atoms with van der Waals surface area (Å²) in [5.74, 6) is -1.09. The van der Waals surface area contributed by atoms with Crippen LogP contribution in [0, 0.1) is 0 Å². The number of halogens is 2. The average Bonchev–Trinajstić information content (AvgIpc) is 2.54. The molecular formula is C17H15Cl2NO3. The molecular weight excluding hydrogens is 337 g/mol. The molecule has 23 heavy (non-hydrogen) atoms. The number of carbonyl (C=O) groups is 2. The maximum atomic E-state index is 12.4. The van der Waals surface area contributed by atoms with Gasteiger partial charge in [0.1, 0.15) is 0 Å². The lowest BCUT2D eigenvalue weighted by Gasteiger charge is -2.21. The van der Waals surface area contributed by atoms with E-state index in [9.17, 15) is 9.59 Å². The Hall–Kier alpha value is -2.04. The van der Waals surface area contributed by atoms with Crippen molar-refractivity contribution in [3.63, 3.8) is 0 Å². The van der Waals surface area contributed by atoms with E-state index in [0.717, 1.165) is 0 Å². The summed E-state index contributed by atoms with van der Waals surface area (Å²) < 4.78 is 5.20. The predicted octanol–water partition coefficient (Wildman–Crippen LogP) is 4.20. The Labute approximate surface area is 144 Å². The number of rotatable bonds is 4. The van der Waals surface area contributed by atoms with E-state index in [0.29, 0.717) is 5.69 Å². The van der Waals surface area contributed by atoms with Crippen LogP contribution in [0.1, 0.15) is 17.3 Å². The van der Waals surface area contributed by atoms with Crippen LogP contribution in [0.2, 0.25) is 10.0 Å². The van der Waals surface area contributed by atoms with E-state index in [1.54, 1.807) is 25.2 Å². The Morgan fingerprint density at radius 2 is 1.57 bits per heavy atom. The highest BCUT2D eigenvalue weighted by atomic mass is 35.5. The molecule has 0 N–H and O–H groups in total. The summed E-state index contributed by atoms with van der Waals surface area (Å²) in [4.78, 5) is 26.0. The fourth-order valence-corrected chi connectivity index (χ4v) is 2.57. The van der Waals surface area contributed by atoms with Crippen LogP contribution in [0.25, 0.3) is 0 Å². The standard InChI is InChI=1S/C17H15Cl2NO3/c1-11(16(21)20(2)12-7-4-3-5-8-12)23-17(22)15-13(18)9-6-10-14(15)19/h3-11H,1-2H3/t11-/m0/s1. The highest BCUT2D eigenvalue weighted by Gasteiger charge is 2.25. The van der Waals surface area contributed by atoms with E-state index in [1.165, 1.54) is 24.0 Å². The van der Waals surface area contributed by atoms with Gasteiger partial charge in [0, 0.05) is 12.7 Å². The largest absolute Gasteiger partial charge is 0.449 e. The predicted molar refractivity (Wildman–Crippen MR) is 91.2 cm³/mol. The zero-order chi connectivity index (χ0) is 17.0. The van der Waals surface area contributed by atoms with E-state index in [2.05, 4.69) is 0 Å². The summed E-state index contributed by atoms with van der Waals surface area (Å²) in [5, 5.41) is 0.358. The summed E-state index contributed by atoms with van der Waals surface area (Å²) in [7, 11) is 1.62. The van der Waals surface area contributed by atoms with Crippen molar-refractivity contribution >= 4 is 40.8 Å². The molecule has 2 aromatic rings. The molecule has 0 fully saturated rings. The van der Waals surface area contributed by atoms with Crippen LogP contribution in [0.3, 0.4) is 0 Å². The Kier molecular flexibility index (Phi) is 5.64. The summed E-state index contributed by atoms with van der Waals surface area (Å²) in [6.45, 7) is 1.50. The summed E-state index contributed by atoms with van der Waals surface area (Å²) in [5.41, 5.74) is 0.758. The molecule has 6 heteroatoms. The minimum absolute atomic E-state index is 0.0536. The molecule has 120 valence electrons. The average molecular weight is 352 g/mol. The van der Waals surface area contributed by atoms with Gasteiger partial charge in [-0.3, -0.25) is 4.79 Å². The van der Waals surface area contributed by atoms with E-state index >= 15 is 0 Å². The van der Waals surface area contributed by atoms with Gasteiger partial charge < -0.3 is 9.64 Å². The van der Waals surface area contributed by atoms with Gasteiger partial charge in [-0.05, 0) is 31.2 Å². The van der Waals surface area contributed by atoms with Crippen LogP contribution >= 0.6 is 23.2 Å². The zero-order valence-corrected chi connectivity index (χ0v) is 14.1. The molecule has 2 aromatic carbocycles. The van der Waals surface area contributed by atoms with Gasteiger partial charge in [-0.15, -0.1) is 0 Å². The minimum atomic E-state index is -0.972. The number of likely N-dealkylation sites (N-methyl/N-ethyl adjacent to an activating group) is 1. The van der Waals surface area contributed by atoms with Gasteiger partial charge in [0.2, 0.25) is 0 Å². The van der Waals surface area contributed by atoms with Crippen molar-refractivity contribution in [2.24, 2.45) is 0 Å². The highest BCUT2D eigenvalue weighted by molar-refractivity contribution is 6.39. The zero-order valence-electron chi connectivity index (χ0n) is 12.6. The summed E-state index contributed by atoms with van der Waals surface area (Å²) in [6, 6.07) is 13.8. The first-order valence-corrected chi connectivity index (χ1v) is 7.65. The van der Waals surface area contributed by atoms with Crippen molar-refractivity contribution in [1.82, 2.24) is 0 Å². The van der Waals surface area contributed by atoms with E-state index in [-0.39, 0.29) is 21.5 Å². The lowest BCUT2D eigenvalue weighted by atomic mass is 10.2. The van der Waals surface area contributed by atoms with Gasteiger partial charge in [0.05, 0.1) is 15.6 Å². The first-order chi connectivity index (χ1) is 10.9. The Morgan fingerprint density at radius 3 is 2.13 bits per heavy atom. The lowest BCUT2D eigenvalue weighted by molar-refractivity contribution is -0.126. The second kappa shape index (κ2) is 7.49. The lowest BCUT2D eigenvalue weighted by Crippen LogP contribution is -2.37. The highest BCUT2D eigenvalue weighted by Crippen LogP contribution is 2.25. The Bertz CT molecular complexity index is 699. The van der Waals surface area contributed by atoms with E-state index < -0.39 is 12.1 Å². The molecule has 0 aliphatic carbocycles. The molecule has 2 rings (SSSR count). The van der Waals surface area contributed by atoms with Gasteiger partial charge >= 0.3 is 5.97 Å². The number of esters is 1. The quantitative estimate of drug-likeness (QED) is 0.775. The topological polar surface area (TPSA) is 46.6 Å². The van der Waals surface area contributed by atoms with Gasteiger partial charge in [-0.2, -0.15) is 0 Å². The maximum Gasteiger partial charge on any atom is 0.341 e. The molecule has 1 atom stereocenters. The molecule has 0 aromatic heterocycles. The number of para-hydroxylation sites is 1. The number of hydrogen-bond acceptors (Lipinski definition) is 3. The molecule has 0 bridgehead atoms. The number of ether oxygens (including phenoxy) is 1.